The Kier molecular flexibility index (Phi) is 4.16. The molecule has 1 aromatic carbocycles. The molecule has 2 aromatic rings. The van der Waals surface area contributed by atoms with Gasteiger partial charge in [0.1, 0.15) is 5.82 Å². The number of aryl methyl sites for hydroxylation is 2. The van der Waals surface area contributed by atoms with Crippen LogP contribution in [-0.2, 0) is 0 Å². The summed E-state index contributed by atoms with van der Waals surface area (Å²) in [6.07, 6.45) is 0. The number of carboxylic acid groups (broad SMARTS) is 1. The quantitative estimate of drug-likeness (QED) is 0.904. The van der Waals surface area contributed by atoms with Gasteiger partial charge in [0.25, 0.3) is 0 Å². The van der Waals surface area contributed by atoms with Crippen molar-refractivity contribution in [2.45, 2.75) is 26.8 Å². The van der Waals surface area contributed by atoms with Gasteiger partial charge in [-0.05, 0) is 38.5 Å². The zero-order chi connectivity index (χ0) is 15.6. The maximum atomic E-state index is 14.0. The predicted molar refractivity (Wildman–Crippen MR) is 76.9 cm³/mol. The second-order valence-corrected chi connectivity index (χ2v) is 4.81. The van der Waals surface area contributed by atoms with Crippen molar-refractivity contribution in [3.63, 3.8) is 0 Å². The van der Waals surface area contributed by atoms with Crippen LogP contribution in [0.25, 0.3) is 0 Å². The van der Waals surface area contributed by atoms with Crippen LogP contribution in [0.3, 0.4) is 0 Å². The number of nitrogens with one attached hydrogen (secondary N) is 1. The van der Waals surface area contributed by atoms with Crippen LogP contribution in [0.4, 0.5) is 10.2 Å². The van der Waals surface area contributed by atoms with Crippen molar-refractivity contribution in [3.05, 3.63) is 52.7 Å². The fraction of sp³-hybridized carbons (Fsp3) is 0.267. The lowest BCUT2D eigenvalue weighted by Crippen LogP contribution is -2.12. The zero-order valence-corrected chi connectivity index (χ0v) is 12.0. The van der Waals surface area contributed by atoms with E-state index in [9.17, 15) is 9.18 Å². The van der Waals surface area contributed by atoms with Crippen LogP contribution >= 0.6 is 0 Å². The maximum absolute atomic E-state index is 14.0. The number of carboxylic acids is 1. The summed E-state index contributed by atoms with van der Waals surface area (Å²) in [4.78, 5) is 18.8. The van der Waals surface area contributed by atoms with Crippen molar-refractivity contribution in [1.29, 1.82) is 0 Å². The number of aromatic nitrogens is 2. The third-order valence-corrected chi connectivity index (χ3v) is 3.14. The van der Waals surface area contributed by atoms with Crippen LogP contribution < -0.4 is 5.32 Å². The largest absolute Gasteiger partial charge is 0.478 e. The maximum Gasteiger partial charge on any atom is 0.335 e. The summed E-state index contributed by atoms with van der Waals surface area (Å²) in [5.74, 6) is -0.815. The van der Waals surface area contributed by atoms with Gasteiger partial charge in [-0.1, -0.05) is 12.1 Å². The first-order chi connectivity index (χ1) is 9.88. The van der Waals surface area contributed by atoms with Gasteiger partial charge in [0.15, 0.2) is 11.6 Å². The summed E-state index contributed by atoms with van der Waals surface area (Å²) >= 11 is 0. The number of hydrogen-bond acceptors (Lipinski definition) is 4. The van der Waals surface area contributed by atoms with E-state index in [1.807, 2.05) is 6.92 Å². The van der Waals surface area contributed by atoms with Crippen molar-refractivity contribution in [2.24, 2.45) is 0 Å². The molecule has 21 heavy (non-hydrogen) atoms. The molecule has 1 aromatic heterocycles. The molecule has 0 radical (unpaired) electrons. The number of rotatable bonds is 4. The normalized spacial score (nSPS) is 12.0. The number of carbonyl (C=O) groups is 1. The van der Waals surface area contributed by atoms with Gasteiger partial charge in [-0.25, -0.2) is 19.2 Å². The molecule has 2 rings (SSSR count). The number of halogens is 1. The average Bonchev–Trinajstić information content (AvgIpc) is 2.44. The highest BCUT2D eigenvalue weighted by atomic mass is 19.1. The van der Waals surface area contributed by atoms with E-state index in [-0.39, 0.29) is 17.4 Å². The highest BCUT2D eigenvalue weighted by molar-refractivity contribution is 5.87. The molecule has 0 saturated heterocycles. The number of aromatic carboxylic acids is 1. The van der Waals surface area contributed by atoms with Crippen LogP contribution in [0, 0.1) is 19.7 Å². The Hall–Kier alpha value is -2.50. The number of nitrogens with zero attached hydrogens (tertiary/aromatic N) is 2. The summed E-state index contributed by atoms with van der Waals surface area (Å²) in [6, 6.07) is 6.21. The van der Waals surface area contributed by atoms with Crippen molar-refractivity contribution in [3.8, 4) is 0 Å². The molecule has 110 valence electrons. The minimum Gasteiger partial charge on any atom is -0.478 e. The SMILES string of the molecule is Cc1nc(C)c(F)c(N[C@@H](C)c2ccc(C(=O)O)cc2)n1. The van der Waals surface area contributed by atoms with Crippen molar-refractivity contribution in [1.82, 2.24) is 9.97 Å². The first kappa shape index (κ1) is 14.9. The highest BCUT2D eigenvalue weighted by Gasteiger charge is 2.13. The zero-order valence-electron chi connectivity index (χ0n) is 12.0. The Morgan fingerprint density at radius 1 is 1.24 bits per heavy atom. The Bertz CT molecular complexity index is 671. The molecular formula is C15H16FN3O2. The van der Waals surface area contributed by atoms with Gasteiger partial charge >= 0.3 is 5.97 Å². The molecule has 0 aliphatic heterocycles. The molecule has 0 aliphatic carbocycles. The second kappa shape index (κ2) is 5.87. The third-order valence-electron chi connectivity index (χ3n) is 3.14. The summed E-state index contributed by atoms with van der Waals surface area (Å²) < 4.78 is 14.0. The number of hydrogen-bond donors (Lipinski definition) is 2. The van der Waals surface area contributed by atoms with Gasteiger partial charge in [0, 0.05) is 0 Å². The van der Waals surface area contributed by atoms with E-state index in [2.05, 4.69) is 15.3 Å². The predicted octanol–water partition coefficient (Wildman–Crippen LogP) is 3.10. The molecule has 2 N–H and O–H groups in total. The molecule has 0 spiro atoms. The summed E-state index contributed by atoms with van der Waals surface area (Å²) in [6.45, 7) is 5.13. The lowest BCUT2D eigenvalue weighted by molar-refractivity contribution is 0.0697. The van der Waals surface area contributed by atoms with E-state index < -0.39 is 11.8 Å². The summed E-state index contributed by atoms with van der Waals surface area (Å²) in [7, 11) is 0. The van der Waals surface area contributed by atoms with Crippen LogP contribution in [0.15, 0.2) is 24.3 Å². The number of benzene rings is 1. The fourth-order valence-electron chi connectivity index (χ4n) is 2.00. The molecule has 0 fully saturated rings. The Morgan fingerprint density at radius 2 is 1.86 bits per heavy atom. The molecule has 1 heterocycles. The fourth-order valence-corrected chi connectivity index (χ4v) is 2.00. The van der Waals surface area contributed by atoms with Crippen LogP contribution in [0.1, 0.15) is 40.4 Å². The first-order valence-corrected chi connectivity index (χ1v) is 6.49. The van der Waals surface area contributed by atoms with E-state index in [1.165, 1.54) is 12.1 Å². The summed E-state index contributed by atoms with van der Waals surface area (Å²) in [5.41, 5.74) is 1.34. The van der Waals surface area contributed by atoms with E-state index in [0.717, 1.165) is 5.56 Å². The standard InChI is InChI=1S/C15H16FN3O2/c1-8(11-4-6-12(7-5-11)15(20)21)18-14-13(16)9(2)17-10(3)19-14/h4-8H,1-3H3,(H,20,21)(H,17,18,19)/t8-/m0/s1. The Balaban J connectivity index is 2.21. The molecule has 0 unspecified atom stereocenters. The molecule has 0 amide bonds. The van der Waals surface area contributed by atoms with Crippen LogP contribution in [0.2, 0.25) is 0 Å². The van der Waals surface area contributed by atoms with Gasteiger partial charge in [0.05, 0.1) is 17.3 Å². The van der Waals surface area contributed by atoms with E-state index in [4.69, 9.17) is 5.11 Å². The molecule has 5 nitrogen and oxygen atoms in total. The van der Waals surface area contributed by atoms with Crippen molar-refractivity contribution in [2.75, 3.05) is 5.32 Å². The summed E-state index contributed by atoms with van der Waals surface area (Å²) in [5, 5.41) is 11.8. The molecule has 0 aliphatic rings. The van der Waals surface area contributed by atoms with Gasteiger partial charge in [-0.15, -0.1) is 0 Å². The van der Waals surface area contributed by atoms with Gasteiger partial charge in [0.2, 0.25) is 0 Å². The Morgan fingerprint density at radius 3 is 2.43 bits per heavy atom. The van der Waals surface area contributed by atoms with E-state index in [0.29, 0.717) is 11.5 Å². The van der Waals surface area contributed by atoms with Crippen LogP contribution in [-0.4, -0.2) is 21.0 Å². The monoisotopic (exact) mass is 289 g/mol. The van der Waals surface area contributed by atoms with Gasteiger partial charge < -0.3 is 10.4 Å². The second-order valence-electron chi connectivity index (χ2n) is 4.81. The Labute approximate surface area is 121 Å². The topological polar surface area (TPSA) is 75.1 Å². The van der Waals surface area contributed by atoms with Crippen LogP contribution in [0.5, 0.6) is 0 Å². The molecule has 1 atom stereocenters. The van der Waals surface area contributed by atoms with Crippen molar-refractivity contribution < 1.29 is 14.3 Å². The smallest absolute Gasteiger partial charge is 0.335 e. The number of anilines is 1. The minimum atomic E-state index is -0.977. The molecule has 0 saturated carbocycles. The molecule has 6 heteroatoms. The average molecular weight is 289 g/mol. The van der Waals surface area contributed by atoms with E-state index in [1.54, 1.807) is 26.0 Å². The van der Waals surface area contributed by atoms with Gasteiger partial charge in [-0.3, -0.25) is 0 Å². The molecular weight excluding hydrogens is 273 g/mol. The van der Waals surface area contributed by atoms with E-state index >= 15 is 0 Å². The van der Waals surface area contributed by atoms with Crippen molar-refractivity contribution >= 4 is 11.8 Å². The van der Waals surface area contributed by atoms with Gasteiger partial charge in [-0.2, -0.15) is 0 Å². The minimum absolute atomic E-state index is 0.148. The lowest BCUT2D eigenvalue weighted by atomic mass is 10.1. The molecule has 0 bridgehead atoms. The first-order valence-electron chi connectivity index (χ1n) is 6.49. The highest BCUT2D eigenvalue weighted by Crippen LogP contribution is 2.21. The third kappa shape index (κ3) is 3.34. The lowest BCUT2D eigenvalue weighted by Gasteiger charge is -2.16.